The SMILES string of the molecule is O=Cc1cnccc1NC1CC1. The summed E-state index contributed by atoms with van der Waals surface area (Å²) in [6.07, 6.45) is 6.52. The van der Waals surface area contributed by atoms with Gasteiger partial charge in [-0.3, -0.25) is 9.78 Å². The van der Waals surface area contributed by atoms with Gasteiger partial charge in [-0.2, -0.15) is 0 Å². The van der Waals surface area contributed by atoms with Crippen LogP contribution in [0.15, 0.2) is 18.5 Å². The average molecular weight is 162 g/mol. The fraction of sp³-hybridized carbons (Fsp3) is 0.333. The number of hydrogen-bond acceptors (Lipinski definition) is 3. The van der Waals surface area contributed by atoms with Gasteiger partial charge >= 0.3 is 0 Å². The molecule has 0 bridgehead atoms. The molecule has 0 atom stereocenters. The quantitative estimate of drug-likeness (QED) is 0.684. The van der Waals surface area contributed by atoms with E-state index in [1.807, 2.05) is 6.07 Å². The fourth-order valence-electron chi connectivity index (χ4n) is 1.08. The zero-order chi connectivity index (χ0) is 8.39. The number of nitrogens with one attached hydrogen (secondary N) is 1. The third-order valence-corrected chi connectivity index (χ3v) is 1.92. The van der Waals surface area contributed by atoms with E-state index in [-0.39, 0.29) is 0 Å². The van der Waals surface area contributed by atoms with Crippen LogP contribution in [0.5, 0.6) is 0 Å². The fourth-order valence-corrected chi connectivity index (χ4v) is 1.08. The van der Waals surface area contributed by atoms with Gasteiger partial charge in [0.05, 0.1) is 5.56 Å². The predicted octanol–water partition coefficient (Wildman–Crippen LogP) is 1.47. The Morgan fingerprint density at radius 1 is 1.58 bits per heavy atom. The molecule has 0 saturated heterocycles. The van der Waals surface area contributed by atoms with Gasteiger partial charge in [0.25, 0.3) is 0 Å². The number of aldehydes is 1. The third kappa shape index (κ3) is 1.44. The predicted molar refractivity (Wildman–Crippen MR) is 46.3 cm³/mol. The molecule has 0 aliphatic heterocycles. The maximum atomic E-state index is 10.5. The molecule has 62 valence electrons. The van der Waals surface area contributed by atoms with Gasteiger partial charge in [-0.25, -0.2) is 0 Å². The summed E-state index contributed by atoms with van der Waals surface area (Å²) in [4.78, 5) is 14.4. The van der Waals surface area contributed by atoms with Crippen LogP contribution < -0.4 is 5.32 Å². The lowest BCUT2D eigenvalue weighted by molar-refractivity contribution is 0.112. The molecule has 3 nitrogen and oxygen atoms in total. The minimum atomic E-state index is 0.575. The number of anilines is 1. The summed E-state index contributed by atoms with van der Waals surface area (Å²) in [7, 11) is 0. The molecule has 1 aromatic heterocycles. The lowest BCUT2D eigenvalue weighted by Crippen LogP contribution is -2.03. The maximum absolute atomic E-state index is 10.5. The van der Waals surface area contributed by atoms with Crippen molar-refractivity contribution in [2.45, 2.75) is 18.9 Å². The van der Waals surface area contributed by atoms with E-state index in [2.05, 4.69) is 10.3 Å². The molecular formula is C9H10N2O. The first-order valence-corrected chi connectivity index (χ1v) is 4.06. The summed E-state index contributed by atoms with van der Waals surface area (Å²) >= 11 is 0. The Bertz CT molecular complexity index is 294. The first-order chi connectivity index (χ1) is 5.90. The Morgan fingerprint density at radius 3 is 3.08 bits per heavy atom. The van der Waals surface area contributed by atoms with Crippen molar-refractivity contribution in [2.24, 2.45) is 0 Å². The molecule has 1 heterocycles. The minimum Gasteiger partial charge on any atom is -0.382 e. The van der Waals surface area contributed by atoms with Crippen LogP contribution in [0.1, 0.15) is 23.2 Å². The molecule has 0 unspecified atom stereocenters. The molecule has 0 spiro atoms. The smallest absolute Gasteiger partial charge is 0.153 e. The highest BCUT2D eigenvalue weighted by molar-refractivity contribution is 5.83. The monoisotopic (exact) mass is 162 g/mol. The largest absolute Gasteiger partial charge is 0.382 e. The number of carbonyl (C=O) groups excluding carboxylic acids is 1. The van der Waals surface area contributed by atoms with Crippen molar-refractivity contribution in [2.75, 3.05) is 5.32 Å². The number of hydrogen-bond donors (Lipinski definition) is 1. The molecule has 1 fully saturated rings. The van der Waals surface area contributed by atoms with Crippen molar-refractivity contribution in [1.29, 1.82) is 0 Å². The van der Waals surface area contributed by atoms with Crippen LogP contribution in [0.25, 0.3) is 0 Å². The molecule has 1 saturated carbocycles. The van der Waals surface area contributed by atoms with Crippen LogP contribution in [0.3, 0.4) is 0 Å². The van der Waals surface area contributed by atoms with Gasteiger partial charge in [0.1, 0.15) is 0 Å². The highest BCUT2D eigenvalue weighted by Gasteiger charge is 2.21. The van der Waals surface area contributed by atoms with Crippen molar-refractivity contribution in [3.63, 3.8) is 0 Å². The van der Waals surface area contributed by atoms with Gasteiger partial charge in [0.2, 0.25) is 0 Å². The number of rotatable bonds is 3. The number of carbonyl (C=O) groups is 1. The van der Waals surface area contributed by atoms with E-state index in [0.717, 1.165) is 12.0 Å². The van der Waals surface area contributed by atoms with E-state index in [9.17, 15) is 4.79 Å². The number of nitrogens with zero attached hydrogens (tertiary/aromatic N) is 1. The van der Waals surface area contributed by atoms with Crippen LogP contribution in [0.4, 0.5) is 5.69 Å². The van der Waals surface area contributed by atoms with Gasteiger partial charge in [-0.1, -0.05) is 0 Å². The molecule has 1 aromatic rings. The topological polar surface area (TPSA) is 42.0 Å². The van der Waals surface area contributed by atoms with Gasteiger partial charge in [-0.15, -0.1) is 0 Å². The van der Waals surface area contributed by atoms with E-state index in [1.54, 1.807) is 12.4 Å². The lowest BCUT2D eigenvalue weighted by atomic mass is 10.2. The Hall–Kier alpha value is -1.38. The first-order valence-electron chi connectivity index (χ1n) is 4.06. The Balaban J connectivity index is 2.20. The van der Waals surface area contributed by atoms with Crippen LogP contribution in [0.2, 0.25) is 0 Å². The zero-order valence-electron chi connectivity index (χ0n) is 6.66. The maximum Gasteiger partial charge on any atom is 0.153 e. The number of aromatic nitrogens is 1. The second kappa shape index (κ2) is 2.93. The molecule has 1 N–H and O–H groups in total. The second-order valence-electron chi connectivity index (χ2n) is 3.00. The molecule has 1 aliphatic carbocycles. The Morgan fingerprint density at radius 2 is 2.42 bits per heavy atom. The van der Waals surface area contributed by atoms with Crippen molar-refractivity contribution in [3.8, 4) is 0 Å². The van der Waals surface area contributed by atoms with Gasteiger partial charge in [0.15, 0.2) is 6.29 Å². The summed E-state index contributed by atoms with van der Waals surface area (Å²) in [5, 5.41) is 3.26. The molecule has 0 radical (unpaired) electrons. The summed E-state index contributed by atoms with van der Waals surface area (Å²) in [6, 6.07) is 2.41. The van der Waals surface area contributed by atoms with Gasteiger partial charge < -0.3 is 5.32 Å². The molecule has 1 aliphatic rings. The standard InChI is InChI=1S/C9H10N2O/c12-6-7-5-10-4-3-9(7)11-8-1-2-8/h3-6,8H,1-2H2,(H,10,11). The van der Waals surface area contributed by atoms with E-state index >= 15 is 0 Å². The summed E-state index contributed by atoms with van der Waals surface area (Å²) in [5.41, 5.74) is 1.55. The van der Waals surface area contributed by atoms with Crippen LogP contribution >= 0.6 is 0 Å². The average Bonchev–Trinajstić information content (AvgIpc) is 2.89. The van der Waals surface area contributed by atoms with Crippen molar-refractivity contribution >= 4 is 12.0 Å². The highest BCUT2D eigenvalue weighted by atomic mass is 16.1. The number of pyridine rings is 1. The van der Waals surface area contributed by atoms with Crippen molar-refractivity contribution in [1.82, 2.24) is 4.98 Å². The Labute approximate surface area is 70.8 Å². The third-order valence-electron chi connectivity index (χ3n) is 1.92. The molecule has 0 aromatic carbocycles. The highest BCUT2D eigenvalue weighted by Crippen LogP contribution is 2.25. The van der Waals surface area contributed by atoms with E-state index in [4.69, 9.17) is 0 Å². The zero-order valence-corrected chi connectivity index (χ0v) is 6.66. The molecule has 3 heteroatoms. The van der Waals surface area contributed by atoms with Gasteiger partial charge in [-0.05, 0) is 18.9 Å². The lowest BCUT2D eigenvalue weighted by Gasteiger charge is -2.05. The molecular weight excluding hydrogens is 152 g/mol. The first kappa shape index (κ1) is 7.28. The molecule has 12 heavy (non-hydrogen) atoms. The van der Waals surface area contributed by atoms with E-state index in [0.29, 0.717) is 11.6 Å². The molecule has 0 amide bonds. The summed E-state index contributed by atoms with van der Waals surface area (Å²) < 4.78 is 0. The van der Waals surface area contributed by atoms with Crippen LogP contribution in [-0.4, -0.2) is 17.3 Å². The van der Waals surface area contributed by atoms with Crippen molar-refractivity contribution in [3.05, 3.63) is 24.0 Å². The normalized spacial score (nSPS) is 15.7. The summed E-state index contributed by atoms with van der Waals surface area (Å²) in [6.45, 7) is 0. The van der Waals surface area contributed by atoms with E-state index < -0.39 is 0 Å². The van der Waals surface area contributed by atoms with Gasteiger partial charge in [0, 0.05) is 24.1 Å². The Kier molecular flexibility index (Phi) is 1.78. The summed E-state index contributed by atoms with van der Waals surface area (Å²) in [5.74, 6) is 0. The minimum absolute atomic E-state index is 0.575. The van der Waals surface area contributed by atoms with Crippen LogP contribution in [-0.2, 0) is 0 Å². The second-order valence-corrected chi connectivity index (χ2v) is 3.00. The van der Waals surface area contributed by atoms with E-state index in [1.165, 1.54) is 12.8 Å². The van der Waals surface area contributed by atoms with Crippen molar-refractivity contribution < 1.29 is 4.79 Å². The van der Waals surface area contributed by atoms with Crippen LogP contribution in [0, 0.1) is 0 Å². The molecule has 2 rings (SSSR count).